The number of rotatable bonds is 10. The van der Waals surface area contributed by atoms with Crippen molar-refractivity contribution in [1.82, 2.24) is 35.2 Å². The largest absolute Gasteiger partial charge is 0.491 e. The Kier molecular flexibility index (Phi) is 11.9. The predicted molar refractivity (Wildman–Crippen MR) is 221 cm³/mol. The molecule has 2 aliphatic heterocycles. The minimum absolute atomic E-state index is 0.0113. The number of allylic oxidation sites excluding steroid dienone is 1. The second-order valence-corrected chi connectivity index (χ2v) is 19.4. The van der Waals surface area contributed by atoms with Crippen molar-refractivity contribution in [3.05, 3.63) is 67.1 Å². The molecule has 2 saturated carbocycles. The minimum atomic E-state index is -4.03. The molecule has 0 unspecified atom stereocenters. The lowest BCUT2D eigenvalue weighted by Gasteiger charge is -2.32. The molecule has 4 heterocycles. The smallest absolute Gasteiger partial charge is 0.405 e. The van der Waals surface area contributed by atoms with Crippen molar-refractivity contribution >= 4 is 33.8 Å². The van der Waals surface area contributed by atoms with E-state index in [1.54, 1.807) is 37.6 Å². The molecule has 4 amide bonds. The number of nitrogens with zero attached hydrogens (tertiary/aromatic N) is 4. The quantitative estimate of drug-likeness (QED) is 0.201. The van der Waals surface area contributed by atoms with E-state index in [0.717, 1.165) is 12.0 Å². The average molecular weight is 844 g/mol. The van der Waals surface area contributed by atoms with Crippen molar-refractivity contribution in [2.75, 3.05) is 6.54 Å². The number of hydrogen-bond donors (Lipinski definition) is 4. The van der Waals surface area contributed by atoms with E-state index in [9.17, 15) is 32.7 Å². The third-order valence-corrected chi connectivity index (χ3v) is 14.1. The molecule has 1 saturated heterocycles. The summed E-state index contributed by atoms with van der Waals surface area (Å²) in [6.07, 6.45) is 9.15. The van der Waals surface area contributed by atoms with Crippen molar-refractivity contribution in [2.24, 2.45) is 17.8 Å². The molecule has 0 spiro atoms. The Labute approximate surface area is 350 Å². The van der Waals surface area contributed by atoms with Gasteiger partial charge in [-0.05, 0) is 95.4 Å². The number of carboxylic acid groups (broad SMARTS) is 1. The first-order chi connectivity index (χ1) is 28.5. The number of nitrogens with one attached hydrogen (secondary N) is 3. The minimum Gasteiger partial charge on any atom is -0.491 e. The number of benzene rings is 1. The van der Waals surface area contributed by atoms with Gasteiger partial charge in [-0.2, -0.15) is 0 Å². The number of fused-ring (bicyclic) bond motifs is 2. The van der Waals surface area contributed by atoms with Crippen LogP contribution in [-0.4, -0.2) is 98.3 Å². The Morgan fingerprint density at radius 1 is 1.02 bits per heavy atom. The maximum absolute atomic E-state index is 14.6. The molecule has 3 aromatic rings. The molecule has 0 bridgehead atoms. The molecule has 4 aliphatic rings. The summed E-state index contributed by atoms with van der Waals surface area (Å²) in [6, 6.07) is 8.50. The van der Waals surface area contributed by atoms with Gasteiger partial charge in [0, 0.05) is 42.4 Å². The van der Waals surface area contributed by atoms with Gasteiger partial charge in [0.1, 0.15) is 40.9 Å². The molecule has 320 valence electrons. The van der Waals surface area contributed by atoms with E-state index in [0.29, 0.717) is 54.3 Å². The SMILES string of the molecule is CC(C)Oc1ccc(-c2cc(O[C@@H]3C[C@H]4C(=O)N[C@]5(C(=O)NS(=O)(=O)C6(C)CC6)C[C@H]5/C=C\CC[C@H](C)C[C@@H](C)[C@H](NC(=O)O)C(=O)N4C3)cc(-c3cnccn3)n2)cc1. The molecule has 2 aromatic heterocycles. The van der Waals surface area contributed by atoms with Gasteiger partial charge in [0.25, 0.3) is 5.91 Å². The summed E-state index contributed by atoms with van der Waals surface area (Å²) in [6.45, 7) is 9.21. The van der Waals surface area contributed by atoms with E-state index in [2.05, 4.69) is 25.3 Å². The van der Waals surface area contributed by atoms with Gasteiger partial charge >= 0.3 is 6.09 Å². The van der Waals surface area contributed by atoms with Gasteiger partial charge in [0.2, 0.25) is 21.8 Å². The molecule has 7 atom stereocenters. The summed E-state index contributed by atoms with van der Waals surface area (Å²) in [4.78, 5) is 70.0. The molecule has 7 rings (SSSR count). The fourth-order valence-corrected chi connectivity index (χ4v) is 9.49. The fraction of sp³-hybridized carbons (Fsp3) is 0.512. The molecule has 60 heavy (non-hydrogen) atoms. The maximum atomic E-state index is 14.6. The zero-order chi connectivity index (χ0) is 43.0. The second-order valence-electron chi connectivity index (χ2n) is 17.2. The molecule has 2 aliphatic carbocycles. The first-order valence-electron chi connectivity index (χ1n) is 20.5. The van der Waals surface area contributed by atoms with Crippen LogP contribution in [0.5, 0.6) is 11.5 Å². The highest BCUT2D eigenvalue weighted by Crippen LogP contribution is 2.47. The number of aromatic nitrogens is 3. The topological polar surface area (TPSA) is 219 Å². The van der Waals surface area contributed by atoms with Gasteiger partial charge in [-0.25, -0.2) is 18.2 Å². The molecular weight excluding hydrogens is 791 g/mol. The first-order valence-corrected chi connectivity index (χ1v) is 22.0. The summed E-state index contributed by atoms with van der Waals surface area (Å²) in [5.41, 5.74) is 0.686. The monoisotopic (exact) mass is 843 g/mol. The van der Waals surface area contributed by atoms with Gasteiger partial charge in [-0.15, -0.1) is 0 Å². The molecule has 1 aromatic carbocycles. The lowest BCUT2D eigenvalue weighted by molar-refractivity contribution is -0.142. The maximum Gasteiger partial charge on any atom is 0.405 e. The second kappa shape index (κ2) is 16.8. The number of pyridine rings is 1. The lowest BCUT2D eigenvalue weighted by Crippen LogP contribution is -2.59. The van der Waals surface area contributed by atoms with Crippen LogP contribution in [0.25, 0.3) is 22.6 Å². The normalized spacial score (nSPS) is 28.2. The number of amides is 4. The molecule has 16 nitrogen and oxygen atoms in total. The van der Waals surface area contributed by atoms with E-state index in [4.69, 9.17) is 14.5 Å². The van der Waals surface area contributed by atoms with Gasteiger partial charge < -0.3 is 30.1 Å². The van der Waals surface area contributed by atoms with Crippen LogP contribution in [0.4, 0.5) is 4.79 Å². The first kappa shape index (κ1) is 42.5. The summed E-state index contributed by atoms with van der Waals surface area (Å²) in [7, 11) is -4.03. The average Bonchev–Trinajstić information content (AvgIpc) is 4.08. The van der Waals surface area contributed by atoms with Crippen LogP contribution >= 0.6 is 0 Å². The summed E-state index contributed by atoms with van der Waals surface area (Å²) >= 11 is 0. The van der Waals surface area contributed by atoms with E-state index >= 15 is 0 Å². The van der Waals surface area contributed by atoms with Gasteiger partial charge in [-0.1, -0.05) is 26.0 Å². The Morgan fingerprint density at radius 3 is 2.42 bits per heavy atom. The van der Waals surface area contributed by atoms with Gasteiger partial charge in [0.15, 0.2) is 0 Å². The van der Waals surface area contributed by atoms with Crippen molar-refractivity contribution in [2.45, 2.75) is 114 Å². The van der Waals surface area contributed by atoms with Crippen LogP contribution in [0.2, 0.25) is 0 Å². The third kappa shape index (κ3) is 9.25. The molecule has 17 heteroatoms. The third-order valence-electron chi connectivity index (χ3n) is 12.0. The van der Waals surface area contributed by atoms with Crippen LogP contribution in [0.1, 0.15) is 79.6 Å². The Balaban J connectivity index is 1.23. The highest BCUT2D eigenvalue weighted by molar-refractivity contribution is 7.91. The van der Waals surface area contributed by atoms with E-state index in [1.165, 1.54) is 4.90 Å². The van der Waals surface area contributed by atoms with Crippen LogP contribution in [0.3, 0.4) is 0 Å². The van der Waals surface area contributed by atoms with Crippen molar-refractivity contribution < 1.29 is 42.2 Å². The number of ether oxygens (including phenoxy) is 2. The van der Waals surface area contributed by atoms with Crippen molar-refractivity contribution in [3.8, 4) is 34.1 Å². The fourth-order valence-electron chi connectivity index (χ4n) is 8.18. The van der Waals surface area contributed by atoms with Crippen LogP contribution in [0, 0.1) is 17.8 Å². The molecule has 0 radical (unpaired) electrons. The van der Waals surface area contributed by atoms with Crippen LogP contribution in [0.15, 0.2) is 67.1 Å². The van der Waals surface area contributed by atoms with E-state index in [-0.39, 0.29) is 31.4 Å². The molecular formula is C43H53N7O9S. The zero-order valence-corrected chi connectivity index (χ0v) is 35.3. The lowest BCUT2D eigenvalue weighted by atomic mass is 9.88. The van der Waals surface area contributed by atoms with Gasteiger partial charge in [0.05, 0.1) is 35.0 Å². The number of carbonyl (C=O) groups excluding carboxylic acids is 3. The van der Waals surface area contributed by atoms with Crippen LogP contribution < -0.4 is 24.8 Å². The van der Waals surface area contributed by atoms with E-state index < -0.39 is 74.1 Å². The van der Waals surface area contributed by atoms with Gasteiger partial charge in [-0.3, -0.25) is 29.1 Å². The summed E-state index contributed by atoms with van der Waals surface area (Å²) < 4.78 is 40.1. The van der Waals surface area contributed by atoms with Crippen molar-refractivity contribution in [1.29, 1.82) is 0 Å². The Morgan fingerprint density at radius 2 is 1.75 bits per heavy atom. The Bertz CT molecular complexity index is 2250. The predicted octanol–water partition coefficient (Wildman–Crippen LogP) is 4.86. The Hall–Kier alpha value is -5.58. The highest BCUT2D eigenvalue weighted by Gasteiger charge is 2.63. The number of sulfonamides is 1. The zero-order valence-electron chi connectivity index (χ0n) is 34.5. The number of carbonyl (C=O) groups is 4. The van der Waals surface area contributed by atoms with Crippen molar-refractivity contribution in [3.63, 3.8) is 0 Å². The number of hydrogen-bond acceptors (Lipinski definition) is 11. The van der Waals surface area contributed by atoms with Crippen LogP contribution in [-0.2, 0) is 24.4 Å². The standard InChI is InChI=1S/C43H53N7O9S/c1-25(2)58-30-12-10-28(11-13-30)33-19-31(20-34(46-33)35-23-44-16-17-45-35)59-32-21-36-38(51)48-43(40(53)49-60(56,57)42(5)14-15-42)22-29(43)9-7-6-8-26(3)18-27(4)37(47-41(54)55)39(52)50(36)24-32/h7,9-13,16-17,19-20,23,25-27,29,32,36-37,47H,6,8,14-15,18,21-22,24H2,1-5H3,(H,48,51)(H,49,53)(H,54,55)/b9-7-/t26-,27+,29+,32+,36-,37-,43+/m0/s1. The summed E-state index contributed by atoms with van der Waals surface area (Å²) in [5.74, 6) is -1.87. The summed E-state index contributed by atoms with van der Waals surface area (Å²) in [5, 5.41) is 15.2. The molecule has 4 N–H and O–H groups in total. The van der Waals surface area contributed by atoms with E-state index in [1.807, 2.05) is 64.1 Å². The highest BCUT2D eigenvalue weighted by atomic mass is 32.2. The molecule has 3 fully saturated rings.